The zero-order valence-corrected chi connectivity index (χ0v) is 19.5. The molecule has 2 fully saturated rings. The standard InChI is InChI=1S/C24H46NO3/c1-7-8-9-10-11-12-16-28-22(26)19-25(5,6)15-17-27-21-18-20-13-14-24(21,4)23(20,2)3/h20-21H,7-19H2,1-6H3/q+1/t20-,21-,24-/m1/s1. The van der Waals surface area contributed by atoms with Gasteiger partial charge in [-0.2, -0.15) is 0 Å². The van der Waals surface area contributed by atoms with E-state index in [0.29, 0.717) is 34.6 Å². The lowest BCUT2D eigenvalue weighted by atomic mass is 9.70. The Balaban J connectivity index is 1.61. The summed E-state index contributed by atoms with van der Waals surface area (Å²) in [5.74, 6) is 0.730. The Bertz CT molecular complexity index is 502. The van der Waals surface area contributed by atoms with Gasteiger partial charge in [0, 0.05) is 0 Å². The number of unbranched alkanes of at least 4 members (excludes halogenated alkanes) is 5. The van der Waals surface area contributed by atoms with Crippen molar-refractivity contribution in [2.24, 2.45) is 16.7 Å². The van der Waals surface area contributed by atoms with E-state index in [1.807, 2.05) is 0 Å². The smallest absolute Gasteiger partial charge is 0.361 e. The average Bonchev–Trinajstić information content (AvgIpc) is 2.94. The van der Waals surface area contributed by atoms with Crippen molar-refractivity contribution >= 4 is 5.97 Å². The number of hydrogen-bond acceptors (Lipinski definition) is 3. The molecule has 164 valence electrons. The van der Waals surface area contributed by atoms with E-state index in [1.165, 1.54) is 44.9 Å². The molecule has 0 aromatic heterocycles. The molecular weight excluding hydrogens is 350 g/mol. The predicted molar refractivity (Wildman–Crippen MR) is 115 cm³/mol. The molecule has 4 heteroatoms. The van der Waals surface area contributed by atoms with Crippen LogP contribution in [0.2, 0.25) is 0 Å². The number of quaternary nitrogens is 1. The van der Waals surface area contributed by atoms with E-state index < -0.39 is 0 Å². The number of nitrogens with zero attached hydrogens (tertiary/aromatic N) is 1. The predicted octanol–water partition coefficient (Wildman–Crippen LogP) is 5.20. The topological polar surface area (TPSA) is 35.5 Å². The molecule has 0 amide bonds. The van der Waals surface area contributed by atoms with E-state index >= 15 is 0 Å². The molecule has 2 saturated carbocycles. The fourth-order valence-corrected chi connectivity index (χ4v) is 5.37. The molecule has 4 nitrogen and oxygen atoms in total. The Labute approximate surface area is 173 Å². The van der Waals surface area contributed by atoms with Crippen molar-refractivity contribution in [1.82, 2.24) is 0 Å². The second kappa shape index (κ2) is 9.93. The minimum atomic E-state index is -0.0772. The van der Waals surface area contributed by atoms with E-state index in [2.05, 4.69) is 41.8 Å². The highest BCUT2D eigenvalue weighted by molar-refractivity contribution is 5.70. The molecule has 2 rings (SSSR count). The maximum Gasteiger partial charge on any atom is 0.361 e. The molecule has 2 aliphatic rings. The van der Waals surface area contributed by atoms with Crippen molar-refractivity contribution in [3.05, 3.63) is 0 Å². The van der Waals surface area contributed by atoms with Gasteiger partial charge >= 0.3 is 5.97 Å². The van der Waals surface area contributed by atoms with Crippen LogP contribution in [0.4, 0.5) is 0 Å². The number of rotatable bonds is 13. The first-order chi connectivity index (χ1) is 13.1. The Morgan fingerprint density at radius 2 is 1.71 bits per heavy atom. The first-order valence-corrected chi connectivity index (χ1v) is 11.7. The van der Waals surface area contributed by atoms with Crippen LogP contribution in [0.1, 0.15) is 85.5 Å². The molecule has 0 heterocycles. The fourth-order valence-electron chi connectivity index (χ4n) is 5.37. The van der Waals surface area contributed by atoms with Crippen LogP contribution < -0.4 is 0 Å². The zero-order valence-electron chi connectivity index (χ0n) is 19.5. The second-order valence-corrected chi connectivity index (χ2v) is 10.8. The molecule has 2 bridgehead atoms. The Morgan fingerprint density at radius 1 is 1.04 bits per heavy atom. The van der Waals surface area contributed by atoms with E-state index in [-0.39, 0.29) is 5.97 Å². The molecule has 0 aliphatic heterocycles. The van der Waals surface area contributed by atoms with Gasteiger partial charge in [0.1, 0.15) is 6.54 Å². The van der Waals surface area contributed by atoms with Crippen LogP contribution in [-0.2, 0) is 14.3 Å². The van der Waals surface area contributed by atoms with E-state index in [1.54, 1.807) is 0 Å². The van der Waals surface area contributed by atoms with Crippen LogP contribution in [-0.4, -0.2) is 57.0 Å². The number of carbonyl (C=O) groups excluding carboxylic acids is 1. The van der Waals surface area contributed by atoms with Crippen molar-refractivity contribution in [2.45, 2.75) is 91.6 Å². The van der Waals surface area contributed by atoms with Gasteiger partial charge in [0.2, 0.25) is 0 Å². The summed E-state index contributed by atoms with van der Waals surface area (Å²) in [6.45, 7) is 12.1. The fraction of sp³-hybridized carbons (Fsp3) is 0.958. The van der Waals surface area contributed by atoms with Gasteiger partial charge in [0.15, 0.2) is 6.54 Å². The summed E-state index contributed by atoms with van der Waals surface area (Å²) in [5, 5.41) is 0. The van der Waals surface area contributed by atoms with E-state index in [9.17, 15) is 4.79 Å². The lowest BCUT2D eigenvalue weighted by molar-refractivity contribution is -0.883. The Morgan fingerprint density at radius 3 is 2.32 bits per heavy atom. The number of ether oxygens (including phenoxy) is 2. The van der Waals surface area contributed by atoms with Gasteiger partial charge in [-0.05, 0) is 42.4 Å². The van der Waals surface area contributed by atoms with Gasteiger partial charge in [-0.3, -0.25) is 0 Å². The van der Waals surface area contributed by atoms with Crippen molar-refractivity contribution in [1.29, 1.82) is 0 Å². The normalized spacial score (nSPS) is 28.6. The number of hydrogen-bond donors (Lipinski definition) is 0. The molecular formula is C24H46NO3+. The number of likely N-dealkylation sites (N-methyl/N-ethyl adjacent to an activating group) is 1. The molecule has 0 unspecified atom stereocenters. The van der Waals surface area contributed by atoms with Gasteiger partial charge in [-0.1, -0.05) is 59.8 Å². The summed E-state index contributed by atoms with van der Waals surface area (Å²) in [6, 6.07) is 0. The highest BCUT2D eigenvalue weighted by Gasteiger charge is 2.61. The number of esters is 1. The summed E-state index contributed by atoms with van der Waals surface area (Å²) in [5.41, 5.74) is 0.702. The summed E-state index contributed by atoms with van der Waals surface area (Å²) in [7, 11) is 4.20. The summed E-state index contributed by atoms with van der Waals surface area (Å²) in [6.07, 6.45) is 11.5. The van der Waals surface area contributed by atoms with Gasteiger partial charge in [-0.15, -0.1) is 0 Å². The van der Waals surface area contributed by atoms with Crippen LogP contribution in [0.3, 0.4) is 0 Å². The molecule has 0 aromatic carbocycles. The lowest BCUT2D eigenvalue weighted by Crippen LogP contribution is -2.47. The van der Waals surface area contributed by atoms with Crippen molar-refractivity contribution in [2.75, 3.05) is 40.4 Å². The van der Waals surface area contributed by atoms with Gasteiger partial charge in [-0.25, -0.2) is 4.79 Å². The third-order valence-corrected chi connectivity index (χ3v) is 8.05. The van der Waals surface area contributed by atoms with Crippen molar-refractivity contribution < 1.29 is 18.8 Å². The highest BCUT2D eigenvalue weighted by atomic mass is 16.5. The minimum absolute atomic E-state index is 0.0772. The minimum Gasteiger partial charge on any atom is -0.462 e. The summed E-state index contributed by atoms with van der Waals surface area (Å²) < 4.78 is 12.5. The van der Waals surface area contributed by atoms with Crippen molar-refractivity contribution in [3.63, 3.8) is 0 Å². The monoisotopic (exact) mass is 396 g/mol. The van der Waals surface area contributed by atoms with Crippen LogP contribution >= 0.6 is 0 Å². The summed E-state index contributed by atoms with van der Waals surface area (Å²) >= 11 is 0. The first kappa shape index (κ1) is 23.7. The average molecular weight is 397 g/mol. The van der Waals surface area contributed by atoms with E-state index in [0.717, 1.165) is 31.9 Å². The zero-order chi connectivity index (χ0) is 20.8. The number of carbonyl (C=O) groups is 1. The molecule has 0 saturated heterocycles. The molecule has 0 radical (unpaired) electrons. The Hall–Kier alpha value is -0.610. The maximum atomic E-state index is 12.2. The van der Waals surface area contributed by atoms with Crippen LogP contribution in [0, 0.1) is 16.7 Å². The molecule has 28 heavy (non-hydrogen) atoms. The molecule has 0 N–H and O–H groups in total. The SMILES string of the molecule is CCCCCCCCOC(=O)C[N+](C)(C)CCO[C@@H]1C[C@H]2CC[C@@]1(C)C2(C)C. The molecule has 0 aromatic rings. The Kier molecular flexibility index (Phi) is 8.39. The van der Waals surface area contributed by atoms with Crippen molar-refractivity contribution in [3.8, 4) is 0 Å². The van der Waals surface area contributed by atoms with Gasteiger partial charge < -0.3 is 14.0 Å². The largest absolute Gasteiger partial charge is 0.462 e. The lowest BCUT2D eigenvalue weighted by Gasteiger charge is -2.39. The summed E-state index contributed by atoms with van der Waals surface area (Å²) in [4.78, 5) is 12.2. The van der Waals surface area contributed by atoms with E-state index in [4.69, 9.17) is 9.47 Å². The van der Waals surface area contributed by atoms with Crippen LogP contribution in [0.15, 0.2) is 0 Å². The van der Waals surface area contributed by atoms with Crippen LogP contribution in [0.25, 0.3) is 0 Å². The van der Waals surface area contributed by atoms with Gasteiger partial charge in [0.05, 0.1) is 33.4 Å². The van der Waals surface area contributed by atoms with Gasteiger partial charge in [0.25, 0.3) is 0 Å². The third kappa shape index (κ3) is 5.72. The molecule has 3 atom stereocenters. The highest BCUT2D eigenvalue weighted by Crippen LogP contribution is 2.66. The van der Waals surface area contributed by atoms with Crippen LogP contribution in [0.5, 0.6) is 0 Å². The quantitative estimate of drug-likeness (QED) is 0.244. The third-order valence-electron chi connectivity index (χ3n) is 8.05. The molecule has 0 spiro atoms. The molecule has 2 aliphatic carbocycles. The second-order valence-electron chi connectivity index (χ2n) is 10.8. The first-order valence-electron chi connectivity index (χ1n) is 11.7. The number of fused-ring (bicyclic) bond motifs is 2. The maximum absolute atomic E-state index is 12.2.